The Kier molecular flexibility index (Phi) is 4.12. The van der Waals surface area contributed by atoms with E-state index in [-0.39, 0.29) is 17.9 Å². The van der Waals surface area contributed by atoms with Gasteiger partial charge in [0.2, 0.25) is 0 Å². The van der Waals surface area contributed by atoms with Gasteiger partial charge in [-0.3, -0.25) is 4.79 Å². The lowest BCUT2D eigenvalue weighted by Crippen LogP contribution is -2.45. The highest BCUT2D eigenvalue weighted by molar-refractivity contribution is 5.93. The van der Waals surface area contributed by atoms with Crippen molar-refractivity contribution in [3.8, 4) is 11.4 Å². The minimum atomic E-state index is -0.167. The summed E-state index contributed by atoms with van der Waals surface area (Å²) in [6, 6.07) is 15.2. The highest BCUT2D eigenvalue weighted by Crippen LogP contribution is 2.33. The van der Waals surface area contributed by atoms with Crippen LogP contribution in [0.2, 0.25) is 0 Å². The van der Waals surface area contributed by atoms with E-state index in [4.69, 9.17) is 10.1 Å². The highest BCUT2D eigenvalue weighted by atomic mass is 16.2. The van der Waals surface area contributed by atoms with Gasteiger partial charge in [0.05, 0.1) is 12.6 Å². The molecule has 0 unspecified atom stereocenters. The molecule has 1 atom stereocenters. The quantitative estimate of drug-likeness (QED) is 0.540. The number of aromatic nitrogens is 6. The van der Waals surface area contributed by atoms with Crippen molar-refractivity contribution < 1.29 is 4.79 Å². The first kappa shape index (κ1) is 17.5. The van der Waals surface area contributed by atoms with Crippen LogP contribution in [-0.4, -0.2) is 46.7 Å². The van der Waals surface area contributed by atoms with E-state index in [0.717, 1.165) is 11.4 Å². The van der Waals surface area contributed by atoms with Crippen LogP contribution in [-0.2, 0) is 6.54 Å². The Bertz CT molecular complexity index is 1180. The minimum absolute atomic E-state index is 0.0738. The van der Waals surface area contributed by atoms with Crippen LogP contribution in [0, 0.1) is 5.92 Å². The minimum Gasteiger partial charge on any atom is -0.325 e. The lowest BCUT2D eigenvalue weighted by Gasteiger charge is -2.37. The van der Waals surface area contributed by atoms with Crippen molar-refractivity contribution in [1.29, 1.82) is 0 Å². The maximum Gasteiger partial charge on any atom is 0.273 e. The molecule has 0 spiro atoms. The first-order valence-electron chi connectivity index (χ1n) is 9.73. The molecule has 1 amide bonds. The van der Waals surface area contributed by atoms with Crippen LogP contribution in [0.4, 0.5) is 0 Å². The fraction of sp³-hybridized carbons (Fsp3) is 0.286. The summed E-state index contributed by atoms with van der Waals surface area (Å²) in [6.45, 7) is 5.38. The summed E-state index contributed by atoms with van der Waals surface area (Å²) < 4.78 is 3.53. The molecule has 146 valence electrons. The first-order chi connectivity index (χ1) is 14.1. The Morgan fingerprint density at radius 1 is 1.07 bits per heavy atom. The van der Waals surface area contributed by atoms with Crippen molar-refractivity contribution >= 4 is 11.6 Å². The third-order valence-corrected chi connectivity index (χ3v) is 5.30. The zero-order valence-electron chi connectivity index (χ0n) is 16.3. The van der Waals surface area contributed by atoms with Crippen molar-refractivity contribution in [2.75, 3.05) is 6.54 Å². The Morgan fingerprint density at radius 2 is 1.90 bits per heavy atom. The van der Waals surface area contributed by atoms with E-state index in [0.29, 0.717) is 30.3 Å². The van der Waals surface area contributed by atoms with E-state index >= 15 is 0 Å². The van der Waals surface area contributed by atoms with Crippen LogP contribution >= 0.6 is 0 Å². The predicted molar refractivity (Wildman–Crippen MR) is 107 cm³/mol. The molecular weight excluding hydrogens is 366 g/mol. The van der Waals surface area contributed by atoms with Crippen molar-refractivity contribution in [3.05, 3.63) is 66.4 Å². The molecule has 5 rings (SSSR count). The fourth-order valence-electron chi connectivity index (χ4n) is 3.97. The van der Waals surface area contributed by atoms with Gasteiger partial charge in [-0.05, 0) is 18.1 Å². The van der Waals surface area contributed by atoms with Gasteiger partial charge in [0.1, 0.15) is 12.0 Å². The molecule has 0 aliphatic carbocycles. The van der Waals surface area contributed by atoms with Crippen molar-refractivity contribution in [2.24, 2.45) is 5.92 Å². The fourth-order valence-corrected chi connectivity index (χ4v) is 3.97. The van der Waals surface area contributed by atoms with Gasteiger partial charge in [0.15, 0.2) is 17.3 Å². The van der Waals surface area contributed by atoms with Crippen LogP contribution in [0.1, 0.15) is 36.2 Å². The second-order valence-electron chi connectivity index (χ2n) is 7.51. The highest BCUT2D eigenvalue weighted by Gasteiger charge is 2.37. The second-order valence-corrected chi connectivity index (χ2v) is 7.51. The van der Waals surface area contributed by atoms with Crippen LogP contribution in [0.15, 0.2) is 54.9 Å². The number of hydrogen-bond acceptors (Lipinski definition) is 5. The largest absolute Gasteiger partial charge is 0.325 e. The van der Waals surface area contributed by atoms with Gasteiger partial charge in [0.25, 0.3) is 5.91 Å². The molecule has 1 aliphatic rings. The lowest BCUT2D eigenvalue weighted by molar-refractivity contribution is 0.0528. The summed E-state index contributed by atoms with van der Waals surface area (Å²) in [4.78, 5) is 24.4. The van der Waals surface area contributed by atoms with Gasteiger partial charge in [0, 0.05) is 12.1 Å². The number of nitrogens with zero attached hydrogens (tertiary/aromatic N) is 7. The average molecular weight is 387 g/mol. The van der Waals surface area contributed by atoms with E-state index in [1.54, 1.807) is 10.6 Å². The zero-order chi connectivity index (χ0) is 20.0. The topological polar surface area (TPSA) is 81.2 Å². The molecule has 1 aliphatic heterocycles. The maximum atomic E-state index is 13.5. The van der Waals surface area contributed by atoms with Gasteiger partial charge in [-0.1, -0.05) is 50.2 Å². The van der Waals surface area contributed by atoms with E-state index in [1.807, 2.05) is 52.0 Å². The summed E-state index contributed by atoms with van der Waals surface area (Å²) >= 11 is 0. The monoisotopic (exact) mass is 387 g/mol. The molecule has 4 heterocycles. The van der Waals surface area contributed by atoms with Crippen LogP contribution in [0.25, 0.3) is 17.0 Å². The smallest absolute Gasteiger partial charge is 0.273 e. The van der Waals surface area contributed by atoms with E-state index < -0.39 is 0 Å². The summed E-state index contributed by atoms with van der Waals surface area (Å²) in [5.41, 5.74) is 2.13. The molecule has 0 radical (unpaired) electrons. The van der Waals surface area contributed by atoms with Gasteiger partial charge in [-0.15, -0.1) is 0 Å². The zero-order valence-corrected chi connectivity index (χ0v) is 16.3. The summed E-state index contributed by atoms with van der Waals surface area (Å²) in [7, 11) is 0. The number of pyridine rings is 1. The number of amides is 1. The number of carbonyl (C=O) groups excluding carboxylic acids is 1. The number of fused-ring (bicyclic) bond motifs is 2. The van der Waals surface area contributed by atoms with Gasteiger partial charge in [-0.2, -0.15) is 10.2 Å². The molecular formula is C21H21N7O. The molecule has 4 aromatic rings. The van der Waals surface area contributed by atoms with Crippen LogP contribution < -0.4 is 0 Å². The number of rotatable bonds is 3. The van der Waals surface area contributed by atoms with Gasteiger partial charge < -0.3 is 4.90 Å². The lowest BCUT2D eigenvalue weighted by atomic mass is 9.99. The molecule has 3 aromatic heterocycles. The normalized spacial score (nSPS) is 16.4. The predicted octanol–water partition coefficient (Wildman–Crippen LogP) is 2.84. The summed E-state index contributed by atoms with van der Waals surface area (Å²) in [5, 5.41) is 8.92. The molecule has 0 N–H and O–H groups in total. The van der Waals surface area contributed by atoms with Crippen LogP contribution in [0.3, 0.4) is 0 Å². The second kappa shape index (κ2) is 6.80. The third-order valence-electron chi connectivity index (χ3n) is 5.30. The molecule has 1 aromatic carbocycles. The number of carbonyl (C=O) groups is 1. The molecule has 0 saturated carbocycles. The Hall–Kier alpha value is -3.55. The number of benzene rings is 1. The Labute approximate surface area is 167 Å². The molecule has 0 saturated heterocycles. The van der Waals surface area contributed by atoms with Crippen molar-refractivity contribution in [2.45, 2.75) is 26.4 Å². The van der Waals surface area contributed by atoms with Crippen molar-refractivity contribution in [3.63, 3.8) is 0 Å². The Balaban J connectivity index is 1.55. The summed E-state index contributed by atoms with van der Waals surface area (Å²) in [5.74, 6) is 1.62. The van der Waals surface area contributed by atoms with Gasteiger partial charge >= 0.3 is 0 Å². The number of hydrogen-bond donors (Lipinski definition) is 0. The molecule has 8 heteroatoms. The first-order valence-corrected chi connectivity index (χ1v) is 9.73. The molecule has 0 fully saturated rings. The van der Waals surface area contributed by atoms with Crippen LogP contribution in [0.5, 0.6) is 0 Å². The standard InChI is InChI=1S/C21H21N7O/c1-14(2)18-20-24-19(15-7-4-3-5-8-15)25-27(20)12-11-26(18)21(29)16-9-6-10-17-22-13-23-28(16)17/h3-10,13-14,18H,11-12H2,1-2H3/t18-/m0/s1. The van der Waals surface area contributed by atoms with Crippen molar-refractivity contribution in [1.82, 2.24) is 34.3 Å². The summed E-state index contributed by atoms with van der Waals surface area (Å²) in [6.07, 6.45) is 1.46. The third kappa shape index (κ3) is 2.88. The SMILES string of the molecule is CC(C)[C@H]1c2nc(-c3ccccc3)nn2CCN1C(=O)c1cccc2ncnn12. The molecule has 8 nitrogen and oxygen atoms in total. The Morgan fingerprint density at radius 3 is 2.69 bits per heavy atom. The molecule has 0 bridgehead atoms. The van der Waals surface area contributed by atoms with E-state index in [1.165, 1.54) is 6.33 Å². The average Bonchev–Trinajstić information content (AvgIpc) is 3.39. The maximum absolute atomic E-state index is 13.5. The molecule has 29 heavy (non-hydrogen) atoms. The van der Waals surface area contributed by atoms with E-state index in [2.05, 4.69) is 23.9 Å². The van der Waals surface area contributed by atoms with E-state index in [9.17, 15) is 4.79 Å². The van der Waals surface area contributed by atoms with Gasteiger partial charge in [-0.25, -0.2) is 19.2 Å².